The van der Waals surface area contributed by atoms with E-state index < -0.39 is 49.2 Å². The molecular weight excluding hydrogens is 356 g/mol. The fourth-order valence-corrected chi connectivity index (χ4v) is 2.66. The van der Waals surface area contributed by atoms with Crippen LogP contribution in [0.25, 0.3) is 0 Å². The smallest absolute Gasteiger partial charge is 0.351 e. The lowest BCUT2D eigenvalue weighted by Gasteiger charge is -2.33. The summed E-state index contributed by atoms with van der Waals surface area (Å²) in [6, 6.07) is 4.08. The first-order chi connectivity index (χ1) is 11.4. The number of amides is 3. The fraction of sp³-hybridized carbons (Fsp3) is 0.429. The molecule has 1 aromatic carbocycles. The first kappa shape index (κ1) is 18.9. The standard InChI is InChI=1S/C14H13F6N3O2/c15-13(16,17)12(14(18,19)20)4-5-23(7-12)10(24)8-2-1-3-9(6-8)22-11(21)25/h1-3,6H,4-5,7H2,(H3,21,22,25). The summed E-state index contributed by atoms with van der Waals surface area (Å²) in [4.78, 5) is 23.6. The Hall–Kier alpha value is -2.46. The first-order valence-corrected chi connectivity index (χ1v) is 6.97. The molecule has 138 valence electrons. The molecule has 1 heterocycles. The van der Waals surface area contributed by atoms with Crippen molar-refractivity contribution < 1.29 is 35.9 Å². The van der Waals surface area contributed by atoms with Crippen molar-refractivity contribution in [3.8, 4) is 0 Å². The highest BCUT2D eigenvalue weighted by molar-refractivity contribution is 5.96. The predicted octanol–water partition coefficient (Wildman–Crippen LogP) is 3.13. The van der Waals surface area contributed by atoms with Gasteiger partial charge in [-0.1, -0.05) is 6.07 Å². The zero-order valence-corrected chi connectivity index (χ0v) is 12.5. The van der Waals surface area contributed by atoms with E-state index >= 15 is 0 Å². The van der Waals surface area contributed by atoms with E-state index in [-0.39, 0.29) is 11.3 Å². The van der Waals surface area contributed by atoms with Crippen LogP contribution in [0.1, 0.15) is 16.8 Å². The number of primary amides is 1. The summed E-state index contributed by atoms with van der Waals surface area (Å²) in [5.74, 6) is -0.997. The van der Waals surface area contributed by atoms with Gasteiger partial charge in [0, 0.05) is 24.3 Å². The van der Waals surface area contributed by atoms with Crippen LogP contribution >= 0.6 is 0 Å². The van der Waals surface area contributed by atoms with Crippen molar-refractivity contribution in [3.63, 3.8) is 0 Å². The fourth-order valence-electron chi connectivity index (χ4n) is 2.66. The predicted molar refractivity (Wildman–Crippen MR) is 74.7 cm³/mol. The van der Waals surface area contributed by atoms with Crippen molar-refractivity contribution in [2.24, 2.45) is 11.1 Å². The molecule has 0 aliphatic carbocycles. The summed E-state index contributed by atoms with van der Waals surface area (Å²) in [5.41, 5.74) is 0.895. The van der Waals surface area contributed by atoms with Crippen molar-refractivity contribution in [3.05, 3.63) is 29.8 Å². The van der Waals surface area contributed by atoms with Crippen molar-refractivity contribution in [1.82, 2.24) is 4.90 Å². The van der Waals surface area contributed by atoms with Crippen LogP contribution in [-0.4, -0.2) is 42.3 Å². The molecule has 0 bridgehead atoms. The summed E-state index contributed by atoms with van der Waals surface area (Å²) in [7, 11) is 0. The van der Waals surface area contributed by atoms with E-state index in [0.717, 1.165) is 6.07 Å². The molecule has 0 saturated carbocycles. The van der Waals surface area contributed by atoms with E-state index in [0.29, 0.717) is 4.90 Å². The van der Waals surface area contributed by atoms with E-state index in [9.17, 15) is 35.9 Å². The molecule has 0 radical (unpaired) electrons. The Morgan fingerprint density at radius 1 is 1.12 bits per heavy atom. The molecular formula is C14H13F6N3O2. The number of benzene rings is 1. The van der Waals surface area contributed by atoms with Crippen LogP contribution in [0.15, 0.2) is 24.3 Å². The lowest BCUT2D eigenvalue weighted by molar-refractivity contribution is -0.334. The average molecular weight is 369 g/mol. The summed E-state index contributed by atoms with van der Waals surface area (Å²) >= 11 is 0. The quantitative estimate of drug-likeness (QED) is 0.786. The van der Waals surface area contributed by atoms with Gasteiger partial charge >= 0.3 is 18.4 Å². The zero-order valence-electron chi connectivity index (χ0n) is 12.5. The van der Waals surface area contributed by atoms with Gasteiger partial charge in [0.1, 0.15) is 0 Å². The van der Waals surface area contributed by atoms with Crippen LogP contribution in [-0.2, 0) is 0 Å². The largest absolute Gasteiger partial charge is 0.404 e. The number of likely N-dealkylation sites (tertiary alicyclic amines) is 1. The molecule has 0 unspecified atom stereocenters. The molecule has 0 atom stereocenters. The third-order valence-corrected chi connectivity index (χ3v) is 4.02. The number of rotatable bonds is 2. The van der Waals surface area contributed by atoms with Gasteiger partial charge in [0.2, 0.25) is 0 Å². The Morgan fingerprint density at radius 3 is 2.20 bits per heavy atom. The van der Waals surface area contributed by atoms with Gasteiger partial charge in [-0.3, -0.25) is 4.79 Å². The van der Waals surface area contributed by atoms with Crippen molar-refractivity contribution in [2.45, 2.75) is 18.8 Å². The molecule has 1 saturated heterocycles. The molecule has 1 aromatic rings. The topological polar surface area (TPSA) is 75.4 Å². The van der Waals surface area contributed by atoms with Crippen molar-refractivity contribution in [2.75, 3.05) is 18.4 Å². The van der Waals surface area contributed by atoms with Gasteiger partial charge in [-0.2, -0.15) is 26.3 Å². The second-order valence-corrected chi connectivity index (χ2v) is 5.62. The summed E-state index contributed by atoms with van der Waals surface area (Å²) < 4.78 is 78.2. The van der Waals surface area contributed by atoms with E-state index in [1.54, 1.807) is 0 Å². The molecule has 3 amide bonds. The van der Waals surface area contributed by atoms with E-state index in [1.807, 2.05) is 0 Å². The Morgan fingerprint density at radius 2 is 1.72 bits per heavy atom. The molecule has 0 aromatic heterocycles. The second-order valence-electron chi connectivity index (χ2n) is 5.62. The molecule has 1 aliphatic rings. The number of carbonyl (C=O) groups excluding carboxylic acids is 2. The summed E-state index contributed by atoms with van der Waals surface area (Å²) in [6.45, 7) is -2.20. The number of nitrogens with two attached hydrogens (primary N) is 1. The van der Waals surface area contributed by atoms with Gasteiger partial charge in [0.05, 0.1) is 0 Å². The summed E-state index contributed by atoms with van der Waals surface area (Å²) in [6.07, 6.45) is -12.3. The molecule has 1 fully saturated rings. The van der Waals surface area contributed by atoms with Crippen LogP contribution in [0.2, 0.25) is 0 Å². The number of alkyl halides is 6. The van der Waals surface area contributed by atoms with E-state index in [2.05, 4.69) is 5.32 Å². The number of hydrogen-bond donors (Lipinski definition) is 2. The Bertz CT molecular complexity index is 672. The van der Waals surface area contributed by atoms with Gasteiger partial charge in [-0.15, -0.1) is 0 Å². The van der Waals surface area contributed by atoms with Crippen molar-refractivity contribution >= 4 is 17.6 Å². The third-order valence-electron chi connectivity index (χ3n) is 4.02. The lowest BCUT2D eigenvalue weighted by atomic mass is 9.85. The number of halogens is 6. The van der Waals surface area contributed by atoms with Crippen molar-refractivity contribution in [1.29, 1.82) is 0 Å². The maximum absolute atomic E-state index is 13.0. The van der Waals surface area contributed by atoms with Gasteiger partial charge in [-0.05, 0) is 24.6 Å². The normalized spacial score (nSPS) is 17.4. The van der Waals surface area contributed by atoms with Crippen LogP contribution in [0, 0.1) is 5.41 Å². The van der Waals surface area contributed by atoms with Crippen LogP contribution < -0.4 is 11.1 Å². The minimum absolute atomic E-state index is 0.0930. The van der Waals surface area contributed by atoms with Crippen LogP contribution in [0.3, 0.4) is 0 Å². The number of anilines is 1. The minimum atomic E-state index is -5.53. The number of nitrogens with zero attached hydrogens (tertiary/aromatic N) is 1. The van der Waals surface area contributed by atoms with E-state index in [4.69, 9.17) is 5.73 Å². The highest BCUT2D eigenvalue weighted by Gasteiger charge is 2.72. The van der Waals surface area contributed by atoms with Crippen LogP contribution in [0.5, 0.6) is 0 Å². The SMILES string of the molecule is NC(=O)Nc1cccc(C(=O)N2CCC(C(F)(F)F)(C(F)(F)F)C2)c1. The molecule has 11 heteroatoms. The number of hydrogen-bond acceptors (Lipinski definition) is 2. The lowest BCUT2D eigenvalue weighted by Crippen LogP contribution is -2.52. The Labute approximate surface area is 137 Å². The maximum atomic E-state index is 13.0. The van der Waals surface area contributed by atoms with Gasteiger partial charge < -0.3 is 16.0 Å². The average Bonchev–Trinajstić information content (AvgIpc) is 2.92. The Balaban J connectivity index is 2.27. The molecule has 1 aliphatic heterocycles. The molecule has 5 nitrogen and oxygen atoms in total. The maximum Gasteiger partial charge on any atom is 0.404 e. The third kappa shape index (κ3) is 3.49. The van der Waals surface area contributed by atoms with Gasteiger partial charge in [-0.25, -0.2) is 4.79 Å². The number of urea groups is 1. The zero-order chi connectivity index (χ0) is 19.0. The van der Waals surface area contributed by atoms with Gasteiger partial charge in [0.15, 0.2) is 5.41 Å². The molecule has 2 rings (SSSR count). The molecule has 0 spiro atoms. The second kappa shape index (κ2) is 6.12. The molecule has 3 N–H and O–H groups in total. The molecule has 25 heavy (non-hydrogen) atoms. The van der Waals surface area contributed by atoms with E-state index in [1.165, 1.54) is 18.2 Å². The summed E-state index contributed by atoms with van der Waals surface area (Å²) in [5, 5.41) is 2.16. The minimum Gasteiger partial charge on any atom is -0.351 e. The van der Waals surface area contributed by atoms with Crippen LogP contribution in [0.4, 0.5) is 36.8 Å². The monoisotopic (exact) mass is 369 g/mol. The number of nitrogens with one attached hydrogen (secondary N) is 1. The van der Waals surface area contributed by atoms with Gasteiger partial charge in [0.25, 0.3) is 5.91 Å². The number of carbonyl (C=O) groups is 2. The first-order valence-electron chi connectivity index (χ1n) is 6.97. The Kier molecular flexibility index (Phi) is 4.62. The highest BCUT2D eigenvalue weighted by atomic mass is 19.4. The highest BCUT2D eigenvalue weighted by Crippen LogP contribution is 2.55.